The summed E-state index contributed by atoms with van der Waals surface area (Å²) in [6, 6.07) is 0. The van der Waals surface area contributed by atoms with E-state index in [0.717, 1.165) is 12.8 Å². The summed E-state index contributed by atoms with van der Waals surface area (Å²) < 4.78 is 4.77. The van der Waals surface area contributed by atoms with Gasteiger partial charge in [0.05, 0.1) is 7.11 Å². The topological polar surface area (TPSA) is 52.3 Å². The number of nitrogens with two attached hydrogens (primary N) is 1. The second kappa shape index (κ2) is 2.71. The van der Waals surface area contributed by atoms with Gasteiger partial charge in [-0.3, -0.25) is 4.79 Å². The zero-order valence-electron chi connectivity index (χ0n) is 8.25. The van der Waals surface area contributed by atoms with Crippen LogP contribution in [0.5, 0.6) is 0 Å². The fourth-order valence-corrected chi connectivity index (χ4v) is 3.32. The predicted molar refractivity (Wildman–Crippen MR) is 48.9 cm³/mol. The molecule has 2 N–H and O–H groups in total. The van der Waals surface area contributed by atoms with Crippen LogP contribution in [0.3, 0.4) is 0 Å². The molecule has 3 nitrogen and oxygen atoms in total. The van der Waals surface area contributed by atoms with Gasteiger partial charge in [-0.25, -0.2) is 0 Å². The van der Waals surface area contributed by atoms with E-state index in [-0.39, 0.29) is 5.97 Å². The van der Waals surface area contributed by atoms with Crippen LogP contribution in [0.15, 0.2) is 0 Å². The second-order valence-corrected chi connectivity index (χ2v) is 4.66. The van der Waals surface area contributed by atoms with E-state index in [0.29, 0.717) is 17.8 Å². The molecule has 0 saturated heterocycles. The lowest BCUT2D eigenvalue weighted by Gasteiger charge is -2.34. The molecule has 2 saturated carbocycles. The molecular formula is C10H17NO2. The number of carbonyl (C=O) groups excluding carboxylic acids is 1. The molecular weight excluding hydrogens is 166 g/mol. The summed E-state index contributed by atoms with van der Waals surface area (Å²) in [5, 5.41) is 0. The van der Waals surface area contributed by atoms with Crippen LogP contribution in [0.4, 0.5) is 0 Å². The summed E-state index contributed by atoms with van der Waals surface area (Å²) in [4.78, 5) is 11.5. The maximum absolute atomic E-state index is 11.5. The molecule has 2 rings (SSSR count). The van der Waals surface area contributed by atoms with Crippen molar-refractivity contribution in [3.8, 4) is 0 Å². The van der Waals surface area contributed by atoms with Gasteiger partial charge in [-0.05, 0) is 37.0 Å². The Bertz CT molecular complexity index is 241. The fraction of sp³-hybridized carbons (Fsp3) is 0.900. The summed E-state index contributed by atoms with van der Waals surface area (Å²) in [6.45, 7) is 2.19. The molecule has 2 aliphatic carbocycles. The minimum Gasteiger partial charge on any atom is -0.468 e. The van der Waals surface area contributed by atoms with Crippen LogP contribution in [0.25, 0.3) is 0 Å². The molecule has 0 heterocycles. The second-order valence-electron chi connectivity index (χ2n) is 4.66. The van der Waals surface area contributed by atoms with Crippen molar-refractivity contribution < 1.29 is 9.53 Å². The third-order valence-corrected chi connectivity index (χ3v) is 3.83. The SMILES string of the molecule is COC(=O)C1(N)CC2CC(C)C1C2. The van der Waals surface area contributed by atoms with Crippen molar-refractivity contribution in [1.29, 1.82) is 0 Å². The molecule has 3 heteroatoms. The zero-order chi connectivity index (χ0) is 9.64. The third-order valence-electron chi connectivity index (χ3n) is 3.83. The van der Waals surface area contributed by atoms with Crippen molar-refractivity contribution in [3.05, 3.63) is 0 Å². The van der Waals surface area contributed by atoms with Gasteiger partial charge >= 0.3 is 5.97 Å². The van der Waals surface area contributed by atoms with Gasteiger partial charge in [0.2, 0.25) is 0 Å². The molecule has 0 aromatic carbocycles. The van der Waals surface area contributed by atoms with E-state index in [1.165, 1.54) is 13.5 Å². The highest BCUT2D eigenvalue weighted by atomic mass is 16.5. The van der Waals surface area contributed by atoms with E-state index in [1.807, 2.05) is 0 Å². The molecule has 0 spiro atoms. The Balaban J connectivity index is 2.21. The summed E-state index contributed by atoms with van der Waals surface area (Å²) in [5.41, 5.74) is 5.44. The lowest BCUT2D eigenvalue weighted by Crippen LogP contribution is -2.54. The van der Waals surface area contributed by atoms with Crippen molar-refractivity contribution in [2.75, 3.05) is 7.11 Å². The van der Waals surface area contributed by atoms with Crippen LogP contribution in [-0.2, 0) is 9.53 Å². The van der Waals surface area contributed by atoms with Gasteiger partial charge < -0.3 is 10.5 Å². The molecule has 2 bridgehead atoms. The van der Waals surface area contributed by atoms with E-state index in [2.05, 4.69) is 6.92 Å². The van der Waals surface area contributed by atoms with Crippen molar-refractivity contribution in [1.82, 2.24) is 0 Å². The van der Waals surface area contributed by atoms with E-state index in [1.54, 1.807) is 0 Å². The van der Waals surface area contributed by atoms with Crippen LogP contribution in [0, 0.1) is 17.8 Å². The molecule has 0 aromatic heterocycles. The first-order chi connectivity index (χ1) is 6.08. The molecule has 0 aromatic rings. The minimum atomic E-state index is -0.670. The highest BCUT2D eigenvalue weighted by molar-refractivity contribution is 5.81. The van der Waals surface area contributed by atoms with Gasteiger partial charge in [0, 0.05) is 0 Å². The Morgan fingerprint density at radius 2 is 2.23 bits per heavy atom. The highest BCUT2D eigenvalue weighted by Crippen LogP contribution is 2.52. The van der Waals surface area contributed by atoms with Crippen LogP contribution >= 0.6 is 0 Å². The molecule has 2 aliphatic rings. The predicted octanol–water partition coefficient (Wildman–Crippen LogP) is 0.923. The quantitative estimate of drug-likeness (QED) is 0.615. The first kappa shape index (κ1) is 9.00. The molecule has 0 aliphatic heterocycles. The average molecular weight is 183 g/mol. The number of ether oxygens (including phenoxy) is 1. The number of rotatable bonds is 1. The zero-order valence-corrected chi connectivity index (χ0v) is 8.25. The fourth-order valence-electron chi connectivity index (χ4n) is 3.32. The first-order valence-corrected chi connectivity index (χ1v) is 4.95. The third kappa shape index (κ3) is 1.10. The average Bonchev–Trinajstić information content (AvgIpc) is 2.59. The Morgan fingerprint density at radius 3 is 2.69 bits per heavy atom. The normalized spacial score (nSPS) is 48.1. The standard InChI is InChI=1S/C10H17NO2/c1-6-3-7-4-8(6)10(11,5-7)9(12)13-2/h6-8H,3-5,11H2,1-2H3. The first-order valence-electron chi connectivity index (χ1n) is 4.95. The molecule has 13 heavy (non-hydrogen) atoms. The van der Waals surface area contributed by atoms with E-state index in [9.17, 15) is 4.79 Å². The molecule has 0 amide bonds. The number of fused-ring (bicyclic) bond motifs is 2. The Morgan fingerprint density at radius 1 is 1.54 bits per heavy atom. The minimum absolute atomic E-state index is 0.216. The van der Waals surface area contributed by atoms with Gasteiger partial charge in [-0.1, -0.05) is 6.92 Å². The van der Waals surface area contributed by atoms with Gasteiger partial charge in [0.25, 0.3) is 0 Å². The highest BCUT2D eigenvalue weighted by Gasteiger charge is 2.56. The maximum atomic E-state index is 11.5. The molecule has 4 unspecified atom stereocenters. The molecule has 4 atom stereocenters. The number of hydrogen-bond donors (Lipinski definition) is 1. The lowest BCUT2D eigenvalue weighted by molar-refractivity contribution is -0.150. The molecule has 2 fully saturated rings. The number of carbonyl (C=O) groups is 1. The summed E-state index contributed by atoms with van der Waals surface area (Å²) >= 11 is 0. The van der Waals surface area contributed by atoms with E-state index < -0.39 is 5.54 Å². The van der Waals surface area contributed by atoms with Gasteiger partial charge in [0.1, 0.15) is 5.54 Å². The van der Waals surface area contributed by atoms with Crippen molar-refractivity contribution >= 4 is 5.97 Å². The number of methoxy groups -OCH3 is 1. The van der Waals surface area contributed by atoms with Crippen LogP contribution in [0.2, 0.25) is 0 Å². The van der Waals surface area contributed by atoms with Gasteiger partial charge in [-0.2, -0.15) is 0 Å². The molecule has 0 radical (unpaired) electrons. The monoisotopic (exact) mass is 183 g/mol. The van der Waals surface area contributed by atoms with Crippen molar-refractivity contribution in [2.24, 2.45) is 23.5 Å². The van der Waals surface area contributed by atoms with Gasteiger partial charge in [-0.15, -0.1) is 0 Å². The van der Waals surface area contributed by atoms with Crippen molar-refractivity contribution in [2.45, 2.75) is 31.7 Å². The molecule has 74 valence electrons. The van der Waals surface area contributed by atoms with Gasteiger partial charge in [0.15, 0.2) is 0 Å². The summed E-state index contributed by atoms with van der Waals surface area (Å²) in [6.07, 6.45) is 3.18. The van der Waals surface area contributed by atoms with Crippen LogP contribution in [0.1, 0.15) is 26.2 Å². The Kier molecular flexibility index (Phi) is 1.88. The summed E-state index contributed by atoms with van der Waals surface area (Å²) in [5.74, 6) is 1.38. The van der Waals surface area contributed by atoms with Crippen LogP contribution in [-0.4, -0.2) is 18.6 Å². The number of esters is 1. The largest absolute Gasteiger partial charge is 0.468 e. The Labute approximate surface area is 78.6 Å². The maximum Gasteiger partial charge on any atom is 0.326 e. The number of hydrogen-bond acceptors (Lipinski definition) is 3. The van der Waals surface area contributed by atoms with E-state index in [4.69, 9.17) is 10.5 Å². The van der Waals surface area contributed by atoms with E-state index >= 15 is 0 Å². The van der Waals surface area contributed by atoms with Crippen molar-refractivity contribution in [3.63, 3.8) is 0 Å². The van der Waals surface area contributed by atoms with Crippen LogP contribution < -0.4 is 5.73 Å². The summed E-state index contributed by atoms with van der Waals surface area (Å²) in [7, 11) is 1.42. The lowest BCUT2D eigenvalue weighted by atomic mass is 9.76. The smallest absolute Gasteiger partial charge is 0.326 e. The Hall–Kier alpha value is -0.570.